The maximum Gasteiger partial charge on any atom is 0.231 e. The molecule has 0 radical (unpaired) electrons. The fraction of sp³-hybridized carbons (Fsp3) is 0.235. The van der Waals surface area contributed by atoms with E-state index in [1.165, 1.54) is 4.90 Å². The number of thioether (sulfide) groups is 1. The lowest BCUT2D eigenvalue weighted by Crippen LogP contribution is -2.31. The number of hydrogen-bond donors (Lipinski definition) is 1. The van der Waals surface area contributed by atoms with Crippen molar-refractivity contribution in [2.24, 2.45) is 0 Å². The molecule has 0 aliphatic carbocycles. The molecule has 0 aromatic heterocycles. The number of carbonyl (C=O) groups is 1. The standard InChI is InChI=1S/C17H18N2OS/c1-19(10-12-6-2-4-8-15(12)18)17(20)14-11-21-16-9-5-3-7-13(14)16/h2-9,14H,10-11,18H2,1H3. The minimum atomic E-state index is -0.0406. The van der Waals surface area contributed by atoms with E-state index in [2.05, 4.69) is 12.1 Å². The smallest absolute Gasteiger partial charge is 0.231 e. The van der Waals surface area contributed by atoms with Crippen molar-refractivity contribution in [3.8, 4) is 0 Å². The number of likely N-dealkylation sites (N-methyl/N-ethyl adjacent to an activating group) is 1. The summed E-state index contributed by atoms with van der Waals surface area (Å²) in [6.07, 6.45) is 0. The van der Waals surface area contributed by atoms with E-state index in [-0.39, 0.29) is 11.8 Å². The second kappa shape index (κ2) is 5.82. The van der Waals surface area contributed by atoms with Crippen LogP contribution in [0.15, 0.2) is 53.4 Å². The Morgan fingerprint density at radius 3 is 2.76 bits per heavy atom. The summed E-state index contributed by atoms with van der Waals surface area (Å²) in [5.41, 5.74) is 8.84. The lowest BCUT2D eigenvalue weighted by atomic mass is 10.00. The second-order valence-electron chi connectivity index (χ2n) is 5.29. The van der Waals surface area contributed by atoms with Gasteiger partial charge in [0.25, 0.3) is 0 Å². The summed E-state index contributed by atoms with van der Waals surface area (Å²) in [5.74, 6) is 0.948. The topological polar surface area (TPSA) is 46.3 Å². The Balaban J connectivity index is 1.76. The van der Waals surface area contributed by atoms with E-state index in [9.17, 15) is 4.79 Å². The first kappa shape index (κ1) is 14.0. The number of hydrogen-bond acceptors (Lipinski definition) is 3. The average molecular weight is 298 g/mol. The van der Waals surface area contributed by atoms with Gasteiger partial charge in [0.2, 0.25) is 5.91 Å². The Kier molecular flexibility index (Phi) is 3.88. The molecule has 21 heavy (non-hydrogen) atoms. The molecule has 0 saturated carbocycles. The van der Waals surface area contributed by atoms with Gasteiger partial charge >= 0.3 is 0 Å². The number of anilines is 1. The quantitative estimate of drug-likeness (QED) is 0.886. The summed E-state index contributed by atoms with van der Waals surface area (Å²) in [6, 6.07) is 15.9. The SMILES string of the molecule is CN(Cc1ccccc1N)C(=O)C1CSc2ccccc21. The van der Waals surface area contributed by atoms with Gasteiger partial charge in [0, 0.05) is 29.9 Å². The fourth-order valence-corrected chi connectivity index (χ4v) is 3.86. The molecular weight excluding hydrogens is 280 g/mol. The van der Waals surface area contributed by atoms with E-state index in [4.69, 9.17) is 5.73 Å². The van der Waals surface area contributed by atoms with Crippen molar-refractivity contribution < 1.29 is 4.79 Å². The first-order chi connectivity index (χ1) is 10.2. The Labute approximate surface area is 129 Å². The maximum absolute atomic E-state index is 12.7. The van der Waals surface area contributed by atoms with Gasteiger partial charge < -0.3 is 10.6 Å². The van der Waals surface area contributed by atoms with Gasteiger partial charge in [0.15, 0.2) is 0 Å². The monoisotopic (exact) mass is 298 g/mol. The molecule has 108 valence electrons. The van der Waals surface area contributed by atoms with Crippen molar-refractivity contribution in [2.75, 3.05) is 18.5 Å². The molecule has 0 fully saturated rings. The van der Waals surface area contributed by atoms with E-state index in [1.54, 1.807) is 16.7 Å². The number of fused-ring (bicyclic) bond motifs is 1. The van der Waals surface area contributed by atoms with Crippen molar-refractivity contribution in [1.82, 2.24) is 4.90 Å². The molecule has 1 aliphatic rings. The maximum atomic E-state index is 12.7. The van der Waals surface area contributed by atoms with Crippen molar-refractivity contribution in [1.29, 1.82) is 0 Å². The highest BCUT2D eigenvalue weighted by molar-refractivity contribution is 7.99. The molecule has 3 nitrogen and oxygen atoms in total. The molecule has 3 rings (SSSR count). The molecule has 0 spiro atoms. The number of carbonyl (C=O) groups excluding carboxylic acids is 1. The predicted octanol–water partition coefficient (Wildman–Crippen LogP) is 3.12. The van der Waals surface area contributed by atoms with Crippen molar-refractivity contribution in [3.63, 3.8) is 0 Å². The van der Waals surface area contributed by atoms with E-state index in [1.807, 2.05) is 43.4 Å². The number of rotatable bonds is 3. The molecule has 1 heterocycles. The molecule has 4 heteroatoms. The van der Waals surface area contributed by atoms with Gasteiger partial charge in [-0.05, 0) is 23.3 Å². The highest BCUT2D eigenvalue weighted by atomic mass is 32.2. The van der Waals surface area contributed by atoms with E-state index < -0.39 is 0 Å². The van der Waals surface area contributed by atoms with Crippen LogP contribution in [0.5, 0.6) is 0 Å². The van der Waals surface area contributed by atoms with Crippen molar-refractivity contribution in [3.05, 3.63) is 59.7 Å². The number of benzene rings is 2. The molecule has 0 saturated heterocycles. The van der Waals surface area contributed by atoms with Crippen LogP contribution in [-0.4, -0.2) is 23.6 Å². The van der Waals surface area contributed by atoms with E-state index in [0.717, 1.165) is 22.6 Å². The lowest BCUT2D eigenvalue weighted by Gasteiger charge is -2.22. The van der Waals surface area contributed by atoms with E-state index >= 15 is 0 Å². The highest BCUT2D eigenvalue weighted by Gasteiger charge is 2.30. The summed E-state index contributed by atoms with van der Waals surface area (Å²) in [7, 11) is 1.85. The molecular formula is C17H18N2OS. The molecule has 2 aromatic rings. The summed E-state index contributed by atoms with van der Waals surface area (Å²) in [5, 5.41) is 0. The minimum Gasteiger partial charge on any atom is -0.398 e. The van der Waals surface area contributed by atoms with Crippen LogP contribution in [-0.2, 0) is 11.3 Å². The number of nitrogens with zero attached hydrogens (tertiary/aromatic N) is 1. The minimum absolute atomic E-state index is 0.0406. The first-order valence-corrected chi connectivity index (χ1v) is 7.95. The largest absolute Gasteiger partial charge is 0.398 e. The molecule has 2 N–H and O–H groups in total. The third-order valence-corrected chi connectivity index (χ3v) is 5.02. The van der Waals surface area contributed by atoms with Crippen LogP contribution in [0.4, 0.5) is 5.69 Å². The summed E-state index contributed by atoms with van der Waals surface area (Å²) in [4.78, 5) is 15.7. The van der Waals surface area contributed by atoms with Crippen LogP contribution in [0, 0.1) is 0 Å². The van der Waals surface area contributed by atoms with Gasteiger partial charge in [-0.25, -0.2) is 0 Å². The second-order valence-corrected chi connectivity index (χ2v) is 6.36. The zero-order valence-corrected chi connectivity index (χ0v) is 12.8. The Morgan fingerprint density at radius 1 is 1.24 bits per heavy atom. The molecule has 1 unspecified atom stereocenters. The number of amides is 1. The van der Waals surface area contributed by atoms with Crippen molar-refractivity contribution >= 4 is 23.4 Å². The Morgan fingerprint density at radius 2 is 1.95 bits per heavy atom. The molecule has 0 bridgehead atoms. The van der Waals surface area contributed by atoms with E-state index in [0.29, 0.717) is 6.54 Å². The van der Waals surface area contributed by atoms with Crippen LogP contribution in [0.25, 0.3) is 0 Å². The van der Waals surface area contributed by atoms with Gasteiger partial charge in [0.05, 0.1) is 5.92 Å². The summed E-state index contributed by atoms with van der Waals surface area (Å²) in [6.45, 7) is 0.550. The van der Waals surface area contributed by atoms with Crippen LogP contribution in [0.1, 0.15) is 17.0 Å². The van der Waals surface area contributed by atoms with Gasteiger partial charge in [-0.15, -0.1) is 11.8 Å². The molecule has 1 atom stereocenters. The van der Waals surface area contributed by atoms with Gasteiger partial charge in [-0.1, -0.05) is 36.4 Å². The molecule has 1 amide bonds. The van der Waals surface area contributed by atoms with Crippen LogP contribution < -0.4 is 5.73 Å². The number of nitrogens with two attached hydrogens (primary N) is 1. The third kappa shape index (κ3) is 2.76. The summed E-state index contributed by atoms with van der Waals surface area (Å²) >= 11 is 1.76. The van der Waals surface area contributed by atoms with Crippen LogP contribution in [0.2, 0.25) is 0 Å². The summed E-state index contributed by atoms with van der Waals surface area (Å²) < 4.78 is 0. The highest BCUT2D eigenvalue weighted by Crippen LogP contribution is 2.40. The zero-order chi connectivity index (χ0) is 14.8. The average Bonchev–Trinajstić information content (AvgIpc) is 2.92. The van der Waals surface area contributed by atoms with Crippen LogP contribution >= 0.6 is 11.8 Å². The first-order valence-electron chi connectivity index (χ1n) is 6.97. The lowest BCUT2D eigenvalue weighted by molar-refractivity contribution is -0.131. The van der Waals surface area contributed by atoms with Crippen molar-refractivity contribution in [2.45, 2.75) is 17.4 Å². The van der Waals surface area contributed by atoms with Gasteiger partial charge in [0.1, 0.15) is 0 Å². The Bertz CT molecular complexity index is 671. The number of nitrogen functional groups attached to an aromatic ring is 1. The Hall–Kier alpha value is -1.94. The third-order valence-electron chi connectivity index (χ3n) is 3.84. The zero-order valence-electron chi connectivity index (χ0n) is 12.0. The normalized spacial score (nSPS) is 16.5. The molecule has 2 aromatic carbocycles. The van der Waals surface area contributed by atoms with Crippen LogP contribution in [0.3, 0.4) is 0 Å². The van der Waals surface area contributed by atoms with Gasteiger partial charge in [-0.3, -0.25) is 4.79 Å². The predicted molar refractivity (Wildman–Crippen MR) is 87.2 cm³/mol. The molecule has 1 aliphatic heterocycles. The fourth-order valence-electron chi connectivity index (χ4n) is 2.64. The van der Waals surface area contributed by atoms with Gasteiger partial charge in [-0.2, -0.15) is 0 Å². The number of para-hydroxylation sites is 1.